The minimum atomic E-state index is 0.452. The highest BCUT2D eigenvalue weighted by atomic mass is 15.3. The number of hydrogen-bond donors (Lipinski definition) is 3. The molecule has 0 aromatic carbocycles. The zero-order chi connectivity index (χ0) is 13.7. The van der Waals surface area contributed by atoms with E-state index in [1.807, 2.05) is 13.0 Å². The molecule has 1 aliphatic rings. The van der Waals surface area contributed by atoms with Gasteiger partial charge in [0.25, 0.3) is 0 Å². The summed E-state index contributed by atoms with van der Waals surface area (Å²) in [6.07, 6.45) is 7.40. The van der Waals surface area contributed by atoms with Crippen LogP contribution in [0.2, 0.25) is 0 Å². The molecule has 5 nitrogen and oxygen atoms in total. The molecule has 1 saturated carbocycles. The number of rotatable bonds is 6. The van der Waals surface area contributed by atoms with E-state index in [0.29, 0.717) is 11.2 Å². The van der Waals surface area contributed by atoms with Crippen molar-refractivity contribution < 1.29 is 0 Å². The van der Waals surface area contributed by atoms with Crippen LogP contribution in [0, 0.1) is 5.41 Å². The molecule has 0 aliphatic heterocycles. The van der Waals surface area contributed by atoms with E-state index in [1.165, 1.54) is 32.1 Å². The number of hydrogen-bond acceptors (Lipinski definition) is 5. The van der Waals surface area contributed by atoms with E-state index in [2.05, 4.69) is 27.6 Å². The Hall–Kier alpha value is -1.36. The van der Waals surface area contributed by atoms with Gasteiger partial charge in [-0.25, -0.2) is 15.8 Å². The standard InChI is InChI=1S/C14H25N5/c1-3-11-17-12(9-13(18-11)19-15)16-10-14(4-2)7-5-6-8-14/h9H,3-8,10,15H2,1-2H3,(H2,16,17,18,19). The van der Waals surface area contributed by atoms with Crippen LogP contribution < -0.4 is 16.6 Å². The molecule has 0 amide bonds. The number of nitrogens with one attached hydrogen (secondary N) is 2. The maximum Gasteiger partial charge on any atom is 0.145 e. The predicted molar refractivity (Wildman–Crippen MR) is 78.9 cm³/mol. The molecule has 19 heavy (non-hydrogen) atoms. The highest BCUT2D eigenvalue weighted by Crippen LogP contribution is 2.40. The second-order valence-corrected chi connectivity index (χ2v) is 5.47. The highest BCUT2D eigenvalue weighted by molar-refractivity contribution is 5.47. The van der Waals surface area contributed by atoms with Gasteiger partial charge in [0, 0.05) is 19.0 Å². The van der Waals surface area contributed by atoms with Crippen LogP contribution in [-0.2, 0) is 6.42 Å². The number of aromatic nitrogens is 2. The number of anilines is 2. The van der Waals surface area contributed by atoms with E-state index < -0.39 is 0 Å². The van der Waals surface area contributed by atoms with Gasteiger partial charge in [-0.1, -0.05) is 26.7 Å². The Bertz CT molecular complexity index is 390. The molecule has 2 rings (SSSR count). The molecular weight excluding hydrogens is 238 g/mol. The zero-order valence-corrected chi connectivity index (χ0v) is 12.0. The fourth-order valence-electron chi connectivity index (χ4n) is 2.88. The molecule has 0 spiro atoms. The first-order valence-corrected chi connectivity index (χ1v) is 7.30. The van der Waals surface area contributed by atoms with Gasteiger partial charge in [-0.3, -0.25) is 0 Å². The molecule has 1 heterocycles. The van der Waals surface area contributed by atoms with E-state index in [1.54, 1.807) is 0 Å². The normalized spacial score (nSPS) is 17.4. The zero-order valence-electron chi connectivity index (χ0n) is 12.0. The Morgan fingerprint density at radius 3 is 2.47 bits per heavy atom. The molecule has 0 radical (unpaired) electrons. The predicted octanol–water partition coefficient (Wildman–Crippen LogP) is 2.71. The smallest absolute Gasteiger partial charge is 0.145 e. The quantitative estimate of drug-likeness (QED) is 0.543. The topological polar surface area (TPSA) is 75.9 Å². The first-order chi connectivity index (χ1) is 9.21. The molecule has 0 saturated heterocycles. The van der Waals surface area contributed by atoms with Crippen LogP contribution in [0.3, 0.4) is 0 Å². The largest absolute Gasteiger partial charge is 0.369 e. The van der Waals surface area contributed by atoms with Gasteiger partial charge in [-0.05, 0) is 24.7 Å². The number of nitrogens with zero attached hydrogens (tertiary/aromatic N) is 2. The lowest BCUT2D eigenvalue weighted by Gasteiger charge is -2.28. The molecule has 1 aromatic rings. The Kier molecular flexibility index (Phi) is 4.58. The third-order valence-electron chi connectivity index (χ3n) is 4.30. The Labute approximate surface area is 115 Å². The van der Waals surface area contributed by atoms with Gasteiger partial charge in [0.15, 0.2) is 0 Å². The van der Waals surface area contributed by atoms with E-state index in [0.717, 1.165) is 24.6 Å². The van der Waals surface area contributed by atoms with Gasteiger partial charge in [-0.2, -0.15) is 0 Å². The van der Waals surface area contributed by atoms with Crippen molar-refractivity contribution in [3.05, 3.63) is 11.9 Å². The number of nitrogens with two attached hydrogens (primary N) is 1. The number of nitrogen functional groups attached to an aromatic ring is 1. The molecule has 0 bridgehead atoms. The lowest BCUT2D eigenvalue weighted by molar-refractivity contribution is 0.306. The fraction of sp³-hybridized carbons (Fsp3) is 0.714. The van der Waals surface area contributed by atoms with Crippen LogP contribution in [0.15, 0.2) is 6.07 Å². The molecule has 1 fully saturated rings. The lowest BCUT2D eigenvalue weighted by atomic mass is 9.83. The van der Waals surface area contributed by atoms with Gasteiger partial charge < -0.3 is 10.7 Å². The number of hydrazine groups is 1. The summed E-state index contributed by atoms with van der Waals surface area (Å²) in [5, 5.41) is 3.48. The van der Waals surface area contributed by atoms with Crippen LogP contribution in [-0.4, -0.2) is 16.5 Å². The highest BCUT2D eigenvalue weighted by Gasteiger charge is 2.31. The molecule has 106 valence electrons. The SMILES string of the molecule is CCc1nc(NN)cc(NCC2(CC)CCCC2)n1. The molecule has 0 atom stereocenters. The van der Waals surface area contributed by atoms with E-state index in [-0.39, 0.29) is 0 Å². The van der Waals surface area contributed by atoms with Crippen molar-refractivity contribution in [1.29, 1.82) is 0 Å². The van der Waals surface area contributed by atoms with Gasteiger partial charge in [0.05, 0.1) is 0 Å². The van der Waals surface area contributed by atoms with Gasteiger partial charge >= 0.3 is 0 Å². The lowest BCUT2D eigenvalue weighted by Crippen LogP contribution is -2.26. The summed E-state index contributed by atoms with van der Waals surface area (Å²) in [4.78, 5) is 8.81. The summed E-state index contributed by atoms with van der Waals surface area (Å²) in [6, 6.07) is 1.87. The fourth-order valence-corrected chi connectivity index (χ4v) is 2.88. The maximum atomic E-state index is 5.44. The van der Waals surface area contributed by atoms with Crippen molar-refractivity contribution in [3.63, 3.8) is 0 Å². The molecule has 0 unspecified atom stereocenters. The van der Waals surface area contributed by atoms with Crippen LogP contribution in [0.1, 0.15) is 51.8 Å². The van der Waals surface area contributed by atoms with Crippen LogP contribution in [0.5, 0.6) is 0 Å². The van der Waals surface area contributed by atoms with Crippen molar-refractivity contribution in [2.45, 2.75) is 52.4 Å². The minimum absolute atomic E-state index is 0.452. The third-order valence-corrected chi connectivity index (χ3v) is 4.30. The summed E-state index contributed by atoms with van der Waals surface area (Å²) < 4.78 is 0. The third kappa shape index (κ3) is 3.35. The average Bonchev–Trinajstić information content (AvgIpc) is 2.94. The Balaban J connectivity index is 2.06. The van der Waals surface area contributed by atoms with E-state index in [4.69, 9.17) is 5.84 Å². The first-order valence-electron chi connectivity index (χ1n) is 7.30. The summed E-state index contributed by atoms with van der Waals surface area (Å²) in [5.74, 6) is 7.81. The molecular formula is C14H25N5. The molecule has 5 heteroatoms. The van der Waals surface area contributed by atoms with E-state index >= 15 is 0 Å². The van der Waals surface area contributed by atoms with Crippen molar-refractivity contribution in [1.82, 2.24) is 9.97 Å². The summed E-state index contributed by atoms with van der Waals surface area (Å²) in [5.41, 5.74) is 3.05. The monoisotopic (exact) mass is 263 g/mol. The second-order valence-electron chi connectivity index (χ2n) is 5.47. The van der Waals surface area contributed by atoms with Crippen molar-refractivity contribution in [3.8, 4) is 0 Å². The molecule has 1 aromatic heterocycles. The first kappa shape index (κ1) is 14.1. The Morgan fingerprint density at radius 2 is 1.89 bits per heavy atom. The van der Waals surface area contributed by atoms with Gasteiger partial charge in [0.2, 0.25) is 0 Å². The Morgan fingerprint density at radius 1 is 1.21 bits per heavy atom. The average molecular weight is 263 g/mol. The summed E-state index contributed by atoms with van der Waals surface area (Å²) in [7, 11) is 0. The number of aryl methyl sites for hydroxylation is 1. The molecule has 1 aliphatic carbocycles. The maximum absolute atomic E-state index is 5.44. The van der Waals surface area contributed by atoms with Crippen molar-refractivity contribution in [2.75, 3.05) is 17.3 Å². The van der Waals surface area contributed by atoms with Crippen LogP contribution in [0.25, 0.3) is 0 Å². The molecule has 4 N–H and O–H groups in total. The van der Waals surface area contributed by atoms with Crippen molar-refractivity contribution in [2.24, 2.45) is 11.3 Å². The second kappa shape index (κ2) is 6.19. The van der Waals surface area contributed by atoms with Gasteiger partial charge in [-0.15, -0.1) is 0 Å². The summed E-state index contributed by atoms with van der Waals surface area (Å²) >= 11 is 0. The van der Waals surface area contributed by atoms with Crippen molar-refractivity contribution >= 4 is 11.6 Å². The van der Waals surface area contributed by atoms with E-state index in [9.17, 15) is 0 Å². The minimum Gasteiger partial charge on any atom is -0.369 e. The summed E-state index contributed by atoms with van der Waals surface area (Å²) in [6.45, 7) is 5.33. The van der Waals surface area contributed by atoms with Gasteiger partial charge in [0.1, 0.15) is 17.5 Å². The van der Waals surface area contributed by atoms with Crippen LogP contribution >= 0.6 is 0 Å². The van der Waals surface area contributed by atoms with Crippen LogP contribution in [0.4, 0.5) is 11.6 Å².